The number of rotatable bonds is 1. The summed E-state index contributed by atoms with van der Waals surface area (Å²) in [5.41, 5.74) is 8.14. The van der Waals surface area contributed by atoms with E-state index in [2.05, 4.69) is 10.2 Å². The minimum Gasteiger partial charge on any atom is -0.382 e. The first-order chi connectivity index (χ1) is 8.00. The van der Waals surface area contributed by atoms with Gasteiger partial charge in [-0.15, -0.1) is 10.2 Å². The van der Waals surface area contributed by atoms with E-state index in [4.69, 9.17) is 17.3 Å². The van der Waals surface area contributed by atoms with Gasteiger partial charge in [0.15, 0.2) is 0 Å². The number of nitrogens with two attached hydrogens (primary N) is 1. The van der Waals surface area contributed by atoms with E-state index in [9.17, 15) is 4.39 Å². The van der Waals surface area contributed by atoms with Gasteiger partial charge in [-0.1, -0.05) is 11.6 Å². The van der Waals surface area contributed by atoms with E-state index < -0.39 is 5.82 Å². The number of hydrogen-bond acceptors (Lipinski definition) is 3. The van der Waals surface area contributed by atoms with E-state index in [1.54, 1.807) is 12.1 Å². The number of nitrogen functional groups attached to an aromatic ring is 1. The smallest absolute Gasteiger partial charge is 0.149 e. The molecule has 1 aromatic heterocycles. The molecule has 1 heterocycles. The second-order valence-corrected chi connectivity index (χ2v) is 4.24. The Labute approximate surface area is 103 Å². The number of anilines is 1. The molecule has 0 spiro atoms. The number of halogens is 2. The fraction of sp³-hybridized carbons (Fsp3) is 0.167. The van der Waals surface area contributed by atoms with Crippen molar-refractivity contribution in [3.05, 3.63) is 40.2 Å². The summed E-state index contributed by atoms with van der Waals surface area (Å²) in [6.07, 6.45) is 0. The van der Waals surface area contributed by atoms with Crippen molar-refractivity contribution in [2.24, 2.45) is 0 Å². The van der Waals surface area contributed by atoms with Crippen LogP contribution in [-0.4, -0.2) is 10.2 Å². The van der Waals surface area contributed by atoms with Crippen molar-refractivity contribution in [2.45, 2.75) is 13.8 Å². The predicted octanol–water partition coefficient (Wildman–Crippen LogP) is 3.14. The minimum absolute atomic E-state index is 0.351. The highest BCUT2D eigenvalue weighted by molar-refractivity contribution is 6.30. The molecule has 0 radical (unpaired) electrons. The molecule has 17 heavy (non-hydrogen) atoms. The molecule has 0 aliphatic heterocycles. The molecule has 0 fully saturated rings. The highest BCUT2D eigenvalue weighted by Crippen LogP contribution is 2.28. The second kappa shape index (κ2) is 4.30. The number of aromatic nitrogens is 2. The molecular formula is C12H11ClFN3. The van der Waals surface area contributed by atoms with Gasteiger partial charge in [-0.05, 0) is 43.2 Å². The van der Waals surface area contributed by atoms with Gasteiger partial charge in [0.2, 0.25) is 0 Å². The molecule has 5 heteroatoms. The average Bonchev–Trinajstić information content (AvgIpc) is 2.28. The number of hydrogen-bond donors (Lipinski definition) is 1. The molecule has 2 aromatic rings. The fourth-order valence-corrected chi connectivity index (χ4v) is 1.72. The Kier molecular flexibility index (Phi) is 2.98. The lowest BCUT2D eigenvalue weighted by molar-refractivity contribution is 0.630. The molecule has 0 amide bonds. The largest absolute Gasteiger partial charge is 0.382 e. The Morgan fingerprint density at radius 2 is 1.88 bits per heavy atom. The lowest BCUT2D eigenvalue weighted by Crippen LogP contribution is -2.02. The van der Waals surface area contributed by atoms with Gasteiger partial charge in [-0.25, -0.2) is 4.39 Å². The van der Waals surface area contributed by atoms with Gasteiger partial charge in [0, 0.05) is 10.6 Å². The molecule has 2 N–H and O–H groups in total. The van der Waals surface area contributed by atoms with Crippen LogP contribution in [0.1, 0.15) is 11.1 Å². The lowest BCUT2D eigenvalue weighted by atomic mass is 10.0. The molecule has 1 aromatic carbocycles. The summed E-state index contributed by atoms with van der Waals surface area (Å²) in [5, 5.41) is 8.10. The lowest BCUT2D eigenvalue weighted by Gasteiger charge is -2.09. The third-order valence-corrected chi connectivity index (χ3v) is 2.98. The van der Waals surface area contributed by atoms with Crippen molar-refractivity contribution in [1.29, 1.82) is 0 Å². The van der Waals surface area contributed by atoms with Crippen LogP contribution in [0.25, 0.3) is 11.3 Å². The standard InChI is InChI=1S/C12H11ClFN3/c1-6-7(2)12(15)17-16-11(6)9-4-3-8(13)5-10(9)14/h3-5H,1-2H3,(H2,15,17). The van der Waals surface area contributed by atoms with Crippen molar-refractivity contribution >= 4 is 17.4 Å². The zero-order chi connectivity index (χ0) is 12.6. The highest BCUT2D eigenvalue weighted by atomic mass is 35.5. The van der Waals surface area contributed by atoms with E-state index in [1.165, 1.54) is 6.07 Å². The van der Waals surface area contributed by atoms with Crippen molar-refractivity contribution in [1.82, 2.24) is 10.2 Å². The SMILES string of the molecule is Cc1c(N)nnc(-c2ccc(Cl)cc2F)c1C. The van der Waals surface area contributed by atoms with Crippen LogP contribution in [0, 0.1) is 19.7 Å². The quantitative estimate of drug-likeness (QED) is 0.847. The van der Waals surface area contributed by atoms with Crippen molar-refractivity contribution in [2.75, 3.05) is 5.73 Å². The molecule has 2 rings (SSSR count). The van der Waals surface area contributed by atoms with Gasteiger partial charge in [-0.3, -0.25) is 0 Å². The maximum Gasteiger partial charge on any atom is 0.149 e. The predicted molar refractivity (Wildman–Crippen MR) is 66.3 cm³/mol. The van der Waals surface area contributed by atoms with Gasteiger partial charge < -0.3 is 5.73 Å². The molecule has 0 saturated carbocycles. The van der Waals surface area contributed by atoms with Crippen LogP contribution in [0.15, 0.2) is 18.2 Å². The monoisotopic (exact) mass is 251 g/mol. The van der Waals surface area contributed by atoms with Crippen molar-refractivity contribution < 1.29 is 4.39 Å². The number of nitrogens with zero attached hydrogens (tertiary/aromatic N) is 2. The van der Waals surface area contributed by atoms with Crippen LogP contribution in [0.5, 0.6) is 0 Å². The van der Waals surface area contributed by atoms with E-state index in [-0.39, 0.29) is 0 Å². The third kappa shape index (κ3) is 2.08. The van der Waals surface area contributed by atoms with Gasteiger partial charge in [0.25, 0.3) is 0 Å². The van der Waals surface area contributed by atoms with Crippen molar-refractivity contribution in [3.8, 4) is 11.3 Å². The van der Waals surface area contributed by atoms with Gasteiger partial charge in [0.05, 0.1) is 5.69 Å². The first-order valence-corrected chi connectivity index (χ1v) is 5.43. The summed E-state index contributed by atoms with van der Waals surface area (Å²) < 4.78 is 13.8. The zero-order valence-electron chi connectivity index (χ0n) is 9.46. The Hall–Kier alpha value is -1.68. The maximum atomic E-state index is 13.8. The van der Waals surface area contributed by atoms with Gasteiger partial charge in [-0.2, -0.15) is 0 Å². The van der Waals surface area contributed by atoms with Crippen LogP contribution in [-0.2, 0) is 0 Å². The molecule has 0 aliphatic carbocycles. The first kappa shape index (κ1) is 11.8. The molecule has 3 nitrogen and oxygen atoms in total. The number of benzene rings is 1. The Balaban J connectivity index is 2.65. The summed E-state index contributed by atoms with van der Waals surface area (Å²) in [7, 11) is 0. The minimum atomic E-state index is -0.418. The molecule has 0 atom stereocenters. The molecule has 0 unspecified atom stereocenters. The van der Waals surface area contributed by atoms with E-state index >= 15 is 0 Å². The van der Waals surface area contributed by atoms with Gasteiger partial charge in [0.1, 0.15) is 11.6 Å². The summed E-state index contributed by atoms with van der Waals surface area (Å²) in [6.45, 7) is 3.67. The van der Waals surface area contributed by atoms with Gasteiger partial charge >= 0.3 is 0 Å². The van der Waals surface area contributed by atoms with E-state index in [0.29, 0.717) is 22.1 Å². The van der Waals surface area contributed by atoms with Crippen LogP contribution in [0.2, 0.25) is 5.02 Å². The van der Waals surface area contributed by atoms with Crippen LogP contribution < -0.4 is 5.73 Å². The Morgan fingerprint density at radius 3 is 2.53 bits per heavy atom. The molecular weight excluding hydrogens is 241 g/mol. The van der Waals surface area contributed by atoms with E-state index in [1.807, 2.05) is 13.8 Å². The molecule has 0 aliphatic rings. The first-order valence-electron chi connectivity index (χ1n) is 5.05. The summed E-state index contributed by atoms with van der Waals surface area (Å²) in [6, 6.07) is 4.46. The van der Waals surface area contributed by atoms with Crippen LogP contribution in [0.4, 0.5) is 10.2 Å². The summed E-state index contributed by atoms with van der Waals surface area (Å²) in [4.78, 5) is 0. The molecule has 0 bridgehead atoms. The molecule has 88 valence electrons. The van der Waals surface area contributed by atoms with Crippen LogP contribution >= 0.6 is 11.6 Å². The zero-order valence-corrected chi connectivity index (χ0v) is 10.2. The fourth-order valence-electron chi connectivity index (χ4n) is 1.56. The summed E-state index contributed by atoms with van der Waals surface area (Å²) >= 11 is 5.70. The summed E-state index contributed by atoms with van der Waals surface area (Å²) in [5.74, 6) is -0.0558. The van der Waals surface area contributed by atoms with E-state index in [0.717, 1.165) is 11.1 Å². The van der Waals surface area contributed by atoms with Crippen molar-refractivity contribution in [3.63, 3.8) is 0 Å². The van der Waals surface area contributed by atoms with Crippen LogP contribution in [0.3, 0.4) is 0 Å². The third-order valence-electron chi connectivity index (χ3n) is 2.75. The average molecular weight is 252 g/mol. The highest BCUT2D eigenvalue weighted by Gasteiger charge is 2.13. The normalized spacial score (nSPS) is 10.6. The second-order valence-electron chi connectivity index (χ2n) is 3.81. The molecule has 0 saturated heterocycles. The maximum absolute atomic E-state index is 13.8. The Morgan fingerprint density at radius 1 is 1.18 bits per heavy atom. The Bertz CT molecular complexity index is 584. The topological polar surface area (TPSA) is 51.8 Å².